The van der Waals surface area contributed by atoms with Gasteiger partial charge in [0.1, 0.15) is 0 Å². The van der Waals surface area contributed by atoms with Gasteiger partial charge in [-0.15, -0.1) is 0 Å². The van der Waals surface area contributed by atoms with Crippen molar-refractivity contribution in [2.75, 3.05) is 64.0 Å². The third kappa shape index (κ3) is 16.8. The predicted molar refractivity (Wildman–Crippen MR) is 196 cm³/mol. The van der Waals surface area contributed by atoms with E-state index in [1.54, 1.807) is 64.0 Å². The summed E-state index contributed by atoms with van der Waals surface area (Å²) < 4.78 is 77.8. The lowest BCUT2D eigenvalue weighted by Gasteiger charge is -2.39. The molecule has 0 radical (unpaired) electrons. The van der Waals surface area contributed by atoms with Crippen LogP contribution in [-0.4, -0.2) is 126 Å². The van der Waals surface area contributed by atoms with Crippen LogP contribution in [0.5, 0.6) is 0 Å². The van der Waals surface area contributed by atoms with Crippen LogP contribution in [0.2, 0.25) is 68.5 Å². The van der Waals surface area contributed by atoms with Gasteiger partial charge in [0.15, 0.2) is 9.04 Å². The molecular weight excluding hydrogens is 717 g/mol. The average molecular weight is 785 g/mol. The monoisotopic (exact) mass is 784 g/mol. The quantitative estimate of drug-likeness (QED) is 0.0506. The fraction of sp³-hybridized carbons (Fsp3) is 1.00. The van der Waals surface area contributed by atoms with E-state index in [9.17, 15) is 0 Å². The summed E-state index contributed by atoms with van der Waals surface area (Å²) in [7, 11) is -2.29. The van der Waals surface area contributed by atoms with Crippen molar-refractivity contribution in [1.82, 2.24) is 0 Å². The Morgan fingerprint density at radius 1 is 0.457 bits per heavy atom. The molecule has 0 N–H and O–H groups in total. The van der Waals surface area contributed by atoms with Crippen molar-refractivity contribution in [3.05, 3.63) is 0 Å². The van der Waals surface area contributed by atoms with Gasteiger partial charge in [0.2, 0.25) is 9.04 Å². The van der Waals surface area contributed by atoms with E-state index in [2.05, 4.69) is 33.1 Å². The van der Waals surface area contributed by atoms with Gasteiger partial charge < -0.3 is 48.1 Å². The highest BCUT2D eigenvalue weighted by atomic mass is 28.5. The van der Waals surface area contributed by atoms with Crippen LogP contribution < -0.4 is 0 Å². The van der Waals surface area contributed by atoms with Gasteiger partial charge >= 0.3 is 43.5 Å². The van der Waals surface area contributed by atoms with Crippen LogP contribution in [0.1, 0.15) is 39.0 Å². The molecule has 0 saturated heterocycles. The second kappa shape index (κ2) is 24.2. The summed E-state index contributed by atoms with van der Waals surface area (Å²) in [6.07, 6.45) is 4.67. The maximum atomic E-state index is 7.18. The Labute approximate surface area is 289 Å². The van der Waals surface area contributed by atoms with Crippen molar-refractivity contribution in [1.29, 1.82) is 0 Å². The summed E-state index contributed by atoms with van der Waals surface area (Å²) >= 11 is 0. The molecule has 0 aromatic carbocycles. The molecule has 0 aromatic heterocycles. The lowest BCUT2D eigenvalue weighted by molar-refractivity contribution is -0.135. The fourth-order valence-electron chi connectivity index (χ4n) is 5.44. The van der Waals surface area contributed by atoms with E-state index in [4.69, 9.17) is 57.2 Å². The molecule has 0 spiro atoms. The van der Waals surface area contributed by atoms with E-state index in [1.807, 2.05) is 0 Å². The van der Waals surface area contributed by atoms with E-state index in [0.717, 1.165) is 56.3 Å². The van der Waals surface area contributed by atoms with Crippen molar-refractivity contribution in [2.24, 2.45) is 0 Å². The van der Waals surface area contributed by atoms with Gasteiger partial charge in [0.25, 0.3) is 0 Å². The molecule has 13 nitrogen and oxygen atoms in total. The molecule has 0 amide bonds. The molecule has 4 unspecified atom stereocenters. The first kappa shape index (κ1) is 47.0. The largest absolute Gasteiger partial charge is 0.500 e. The summed E-state index contributed by atoms with van der Waals surface area (Å²) in [6.45, 7) is 10.9. The highest BCUT2D eigenvalue weighted by molar-refractivity contribution is 6.83. The smallest absolute Gasteiger partial charge is 0.439 e. The van der Waals surface area contributed by atoms with E-state index in [1.165, 1.54) is 0 Å². The molecule has 0 aliphatic carbocycles. The minimum absolute atomic E-state index is 0.646. The van der Waals surface area contributed by atoms with Crippen LogP contribution >= 0.6 is 0 Å². The van der Waals surface area contributed by atoms with Crippen molar-refractivity contribution in [3.8, 4) is 0 Å². The number of unbranched alkanes of at least 4 members (excludes halogenated alkanes) is 1. The first-order valence-electron chi connectivity index (χ1n) is 16.4. The number of rotatable bonds is 31. The van der Waals surface area contributed by atoms with E-state index >= 15 is 0 Å². The molecule has 0 saturated carbocycles. The number of hydrogen-bond acceptors (Lipinski definition) is 13. The Morgan fingerprint density at radius 3 is 1.22 bits per heavy atom. The van der Waals surface area contributed by atoms with Crippen LogP contribution in [0.4, 0.5) is 0 Å². The molecule has 46 heavy (non-hydrogen) atoms. The zero-order valence-electron chi connectivity index (χ0n) is 31.4. The minimum atomic E-state index is -2.90. The molecule has 4 atom stereocenters. The molecule has 20 heteroatoms. The summed E-state index contributed by atoms with van der Waals surface area (Å²) in [6, 6.07) is 5.45. The van der Waals surface area contributed by atoms with Crippen molar-refractivity contribution < 1.29 is 57.2 Å². The van der Waals surface area contributed by atoms with Crippen LogP contribution in [0, 0.1) is 0 Å². The van der Waals surface area contributed by atoms with Crippen molar-refractivity contribution in [2.45, 2.75) is 108 Å². The van der Waals surface area contributed by atoms with E-state index in [-0.39, 0.29) is 0 Å². The first-order valence-corrected chi connectivity index (χ1v) is 32.1. The minimum Gasteiger partial charge on any atom is -0.439 e. The first-order chi connectivity index (χ1) is 21.7. The third-order valence-electron chi connectivity index (χ3n) is 8.36. The average Bonchev–Trinajstić information content (AvgIpc) is 3.05. The fourth-order valence-corrected chi connectivity index (χ4v) is 26.4. The Bertz CT molecular complexity index is 745. The van der Waals surface area contributed by atoms with Crippen molar-refractivity contribution in [3.63, 3.8) is 0 Å². The van der Waals surface area contributed by atoms with Gasteiger partial charge in [0.05, 0.1) is 0 Å². The summed E-state index contributed by atoms with van der Waals surface area (Å²) in [5, 5.41) is 0. The van der Waals surface area contributed by atoms with Crippen LogP contribution in [0.15, 0.2) is 0 Å². The molecule has 0 rings (SSSR count). The second-order valence-electron chi connectivity index (χ2n) is 11.9. The molecule has 0 bridgehead atoms. The zero-order valence-corrected chi connectivity index (χ0v) is 38.8. The third-order valence-corrected chi connectivity index (χ3v) is 29.9. The zero-order chi connectivity index (χ0) is 35.3. The second-order valence-corrected chi connectivity index (χ2v) is 33.2. The van der Waals surface area contributed by atoms with E-state index < -0.39 is 61.6 Å². The summed E-state index contributed by atoms with van der Waals surface area (Å²) in [4.78, 5) is 0. The van der Waals surface area contributed by atoms with Gasteiger partial charge in [-0.1, -0.05) is 19.8 Å². The number of hydrogen-bond donors (Lipinski definition) is 0. The molecular formula is C26H68O13Si7. The molecule has 0 heterocycles. The SMILES string of the molecule is CCCC[SiH](C)OO[Si](C)(CCC[Si](OC)(OC)OC)O[Si](C)(CCC[Si](OC)(OC)OC)O[SiH](C)CCC[Si](OC)(OC)OC. The maximum Gasteiger partial charge on any atom is 0.500 e. The Kier molecular flexibility index (Phi) is 24.8. The molecule has 0 aliphatic rings. The summed E-state index contributed by atoms with van der Waals surface area (Å²) in [5.41, 5.74) is 0. The van der Waals surface area contributed by atoms with Gasteiger partial charge in [0, 0.05) is 82.1 Å². The molecule has 0 aromatic rings. The molecule has 0 aliphatic heterocycles. The van der Waals surface area contributed by atoms with Gasteiger partial charge in [-0.05, 0) is 69.6 Å². The van der Waals surface area contributed by atoms with Crippen LogP contribution in [0.25, 0.3) is 0 Å². The van der Waals surface area contributed by atoms with Crippen LogP contribution in [-0.2, 0) is 57.2 Å². The normalized spacial score (nSPS) is 17.1. The lowest BCUT2D eigenvalue weighted by atomic mass is 10.4. The molecule has 278 valence electrons. The Balaban J connectivity index is 6.11. The Hall–Kier alpha value is 0.998. The summed E-state index contributed by atoms with van der Waals surface area (Å²) in [5.74, 6) is 0. The van der Waals surface area contributed by atoms with Crippen LogP contribution in [0.3, 0.4) is 0 Å². The lowest BCUT2D eigenvalue weighted by Crippen LogP contribution is -2.54. The van der Waals surface area contributed by atoms with Crippen molar-refractivity contribution >= 4 is 61.6 Å². The highest BCUT2D eigenvalue weighted by Gasteiger charge is 2.48. The standard InChI is InChI=1S/C26H68O13Si7/c1-15-16-20-40(11)36-37-42(13,22-18-25-45(30-5,31-6)32-7)39-43(14,23-19-26-46(33-8,34-9)35-10)38-41(12)21-17-24-44(27-2,28-3)29-4/h40-41H,15-26H2,1-14H3. The van der Waals surface area contributed by atoms with Gasteiger partial charge in [-0.2, -0.15) is 0 Å². The topological polar surface area (TPSA) is 120 Å². The highest BCUT2D eigenvalue weighted by Crippen LogP contribution is 2.32. The predicted octanol–water partition coefficient (Wildman–Crippen LogP) is 5.42. The molecule has 0 fully saturated rings. The van der Waals surface area contributed by atoms with Gasteiger partial charge in [-0.3, -0.25) is 9.15 Å². The Morgan fingerprint density at radius 2 is 0.826 bits per heavy atom. The maximum absolute atomic E-state index is 7.18. The van der Waals surface area contributed by atoms with E-state index in [0.29, 0.717) is 18.1 Å². The van der Waals surface area contributed by atoms with Gasteiger partial charge in [-0.25, -0.2) is 0 Å².